The summed E-state index contributed by atoms with van der Waals surface area (Å²) in [5.41, 5.74) is -0.0374. The monoisotopic (exact) mass is 268 g/mol. The summed E-state index contributed by atoms with van der Waals surface area (Å²) in [6, 6.07) is 1.73. The van der Waals surface area contributed by atoms with Crippen LogP contribution in [-0.2, 0) is 10.3 Å². The number of amides is 1. The lowest BCUT2D eigenvalue weighted by atomic mass is 10.1. The van der Waals surface area contributed by atoms with E-state index in [4.69, 9.17) is 16.3 Å². The normalized spacial score (nSPS) is 17.1. The van der Waals surface area contributed by atoms with Crippen molar-refractivity contribution in [1.29, 1.82) is 0 Å². The molecule has 98 valence electrons. The Kier molecular flexibility index (Phi) is 3.23. The van der Waals surface area contributed by atoms with Crippen LogP contribution < -0.4 is 5.32 Å². The van der Waals surface area contributed by atoms with Crippen molar-refractivity contribution in [2.45, 2.75) is 44.8 Å². The molecule has 1 N–H and O–H groups in total. The molecule has 5 heteroatoms. The number of aromatic nitrogens is 1. The van der Waals surface area contributed by atoms with Gasteiger partial charge in [0.2, 0.25) is 0 Å². The minimum atomic E-state index is -0.501. The van der Waals surface area contributed by atoms with E-state index in [2.05, 4.69) is 10.3 Å². The van der Waals surface area contributed by atoms with Crippen LogP contribution in [0.5, 0.6) is 0 Å². The molecule has 0 unspecified atom stereocenters. The van der Waals surface area contributed by atoms with Gasteiger partial charge in [-0.1, -0.05) is 11.6 Å². The van der Waals surface area contributed by atoms with Crippen LogP contribution in [0.2, 0.25) is 5.02 Å². The van der Waals surface area contributed by atoms with Crippen molar-refractivity contribution >= 4 is 17.7 Å². The average Bonchev–Trinajstić information content (AvgIpc) is 2.96. The number of hydrogen-bond donors (Lipinski definition) is 1. The van der Waals surface area contributed by atoms with Gasteiger partial charge in [0.1, 0.15) is 5.60 Å². The number of rotatable bonds is 2. The fourth-order valence-electron chi connectivity index (χ4n) is 1.82. The Morgan fingerprint density at radius 1 is 1.50 bits per heavy atom. The van der Waals surface area contributed by atoms with Crippen LogP contribution in [0.15, 0.2) is 18.5 Å². The molecule has 1 fully saturated rings. The summed E-state index contributed by atoms with van der Waals surface area (Å²) in [4.78, 5) is 15.9. The molecule has 0 radical (unpaired) electrons. The SMILES string of the molecule is CC(C)(C)OC(=O)NC1(c2cnccc2Cl)CC1. The summed E-state index contributed by atoms with van der Waals surface area (Å²) >= 11 is 6.13. The molecule has 0 spiro atoms. The Labute approximate surface area is 112 Å². The van der Waals surface area contributed by atoms with Gasteiger partial charge in [0, 0.05) is 23.0 Å². The number of carbonyl (C=O) groups excluding carboxylic acids is 1. The molecule has 1 heterocycles. The molecule has 2 rings (SSSR count). The third kappa shape index (κ3) is 2.93. The largest absolute Gasteiger partial charge is 0.444 e. The Morgan fingerprint density at radius 3 is 2.67 bits per heavy atom. The minimum absolute atomic E-state index is 0.395. The Balaban J connectivity index is 2.10. The number of nitrogens with one attached hydrogen (secondary N) is 1. The van der Waals surface area contributed by atoms with Crippen molar-refractivity contribution in [2.24, 2.45) is 0 Å². The van der Waals surface area contributed by atoms with Crippen molar-refractivity contribution in [2.75, 3.05) is 0 Å². The summed E-state index contributed by atoms with van der Waals surface area (Å²) in [6.07, 6.45) is 4.64. The van der Waals surface area contributed by atoms with Crippen LogP contribution in [0, 0.1) is 0 Å². The summed E-state index contributed by atoms with van der Waals surface area (Å²) in [5, 5.41) is 3.52. The Bertz CT molecular complexity index is 464. The van der Waals surface area contributed by atoms with Gasteiger partial charge >= 0.3 is 6.09 Å². The second-order valence-electron chi connectivity index (χ2n) is 5.56. The number of ether oxygens (including phenoxy) is 1. The highest BCUT2D eigenvalue weighted by Crippen LogP contribution is 2.47. The first-order valence-corrected chi connectivity index (χ1v) is 6.31. The summed E-state index contributed by atoms with van der Waals surface area (Å²) in [5.74, 6) is 0. The minimum Gasteiger partial charge on any atom is -0.444 e. The molecule has 4 nitrogen and oxygen atoms in total. The summed E-state index contributed by atoms with van der Waals surface area (Å²) in [7, 11) is 0. The molecule has 0 aromatic carbocycles. The fourth-order valence-corrected chi connectivity index (χ4v) is 2.10. The second kappa shape index (κ2) is 4.43. The Morgan fingerprint density at radius 2 is 2.17 bits per heavy atom. The van der Waals surface area contributed by atoms with Gasteiger partial charge in [-0.2, -0.15) is 0 Å². The van der Waals surface area contributed by atoms with Gasteiger partial charge in [-0.25, -0.2) is 4.79 Å². The lowest BCUT2D eigenvalue weighted by Gasteiger charge is -2.23. The molecule has 1 aliphatic rings. The van der Waals surface area contributed by atoms with E-state index in [9.17, 15) is 4.79 Å². The molecular weight excluding hydrogens is 252 g/mol. The summed E-state index contributed by atoms with van der Waals surface area (Å²) in [6.45, 7) is 5.51. The fraction of sp³-hybridized carbons (Fsp3) is 0.538. The number of alkyl carbamates (subject to hydrolysis) is 1. The maximum atomic E-state index is 11.8. The van der Waals surface area contributed by atoms with Crippen LogP contribution in [0.3, 0.4) is 0 Å². The zero-order valence-electron chi connectivity index (χ0n) is 10.8. The molecule has 1 aliphatic carbocycles. The van der Waals surface area contributed by atoms with Gasteiger partial charge in [0.05, 0.1) is 5.54 Å². The quantitative estimate of drug-likeness (QED) is 0.896. The highest BCUT2D eigenvalue weighted by Gasteiger charge is 2.48. The molecule has 1 amide bonds. The van der Waals surface area contributed by atoms with Gasteiger partial charge in [-0.15, -0.1) is 0 Å². The molecule has 18 heavy (non-hydrogen) atoms. The van der Waals surface area contributed by atoms with Crippen LogP contribution in [0.4, 0.5) is 4.79 Å². The van der Waals surface area contributed by atoms with E-state index < -0.39 is 17.2 Å². The zero-order valence-corrected chi connectivity index (χ0v) is 11.5. The van der Waals surface area contributed by atoms with Gasteiger partial charge < -0.3 is 10.1 Å². The second-order valence-corrected chi connectivity index (χ2v) is 5.97. The zero-order chi connectivity index (χ0) is 13.4. The van der Waals surface area contributed by atoms with E-state index in [1.165, 1.54) is 0 Å². The van der Waals surface area contributed by atoms with Crippen molar-refractivity contribution in [1.82, 2.24) is 10.3 Å². The summed E-state index contributed by atoms with van der Waals surface area (Å²) < 4.78 is 5.26. The molecule has 0 bridgehead atoms. The lowest BCUT2D eigenvalue weighted by molar-refractivity contribution is 0.0495. The third-order valence-corrected chi connectivity index (χ3v) is 3.10. The predicted molar refractivity (Wildman–Crippen MR) is 69.5 cm³/mol. The van der Waals surface area contributed by atoms with Gasteiger partial charge in [0.15, 0.2) is 0 Å². The van der Waals surface area contributed by atoms with E-state index >= 15 is 0 Å². The predicted octanol–water partition coefficient (Wildman–Crippen LogP) is 3.25. The van der Waals surface area contributed by atoms with Crippen molar-refractivity contribution < 1.29 is 9.53 Å². The first-order valence-electron chi connectivity index (χ1n) is 5.94. The third-order valence-electron chi connectivity index (χ3n) is 2.77. The number of halogens is 1. The molecule has 1 aromatic heterocycles. The molecule has 1 saturated carbocycles. The van der Waals surface area contributed by atoms with E-state index in [-0.39, 0.29) is 0 Å². The average molecular weight is 269 g/mol. The number of hydrogen-bond acceptors (Lipinski definition) is 3. The molecule has 0 atom stereocenters. The van der Waals surface area contributed by atoms with E-state index in [0.717, 1.165) is 18.4 Å². The number of carbonyl (C=O) groups is 1. The lowest BCUT2D eigenvalue weighted by Crippen LogP contribution is -2.39. The van der Waals surface area contributed by atoms with E-state index in [0.29, 0.717) is 5.02 Å². The first kappa shape index (κ1) is 13.1. The highest BCUT2D eigenvalue weighted by atomic mass is 35.5. The van der Waals surface area contributed by atoms with Crippen LogP contribution >= 0.6 is 11.6 Å². The smallest absolute Gasteiger partial charge is 0.408 e. The van der Waals surface area contributed by atoms with Gasteiger partial charge in [-0.05, 0) is 39.7 Å². The molecule has 0 aliphatic heterocycles. The molecular formula is C13H17ClN2O2. The molecule has 1 aromatic rings. The maximum Gasteiger partial charge on any atom is 0.408 e. The topological polar surface area (TPSA) is 51.2 Å². The van der Waals surface area contributed by atoms with Gasteiger partial charge in [0.25, 0.3) is 0 Å². The Hall–Kier alpha value is -1.29. The van der Waals surface area contributed by atoms with Crippen LogP contribution in [0.1, 0.15) is 39.2 Å². The van der Waals surface area contributed by atoms with E-state index in [1.807, 2.05) is 20.8 Å². The number of nitrogens with zero attached hydrogens (tertiary/aromatic N) is 1. The van der Waals surface area contributed by atoms with Gasteiger partial charge in [-0.3, -0.25) is 4.98 Å². The van der Waals surface area contributed by atoms with Crippen molar-refractivity contribution in [3.63, 3.8) is 0 Å². The molecule has 0 saturated heterocycles. The van der Waals surface area contributed by atoms with Crippen LogP contribution in [-0.4, -0.2) is 16.7 Å². The maximum absolute atomic E-state index is 11.8. The standard InChI is InChI=1S/C13H17ClN2O2/c1-12(2,3)18-11(17)16-13(5-6-13)9-8-15-7-4-10(9)14/h4,7-8H,5-6H2,1-3H3,(H,16,17). The number of pyridine rings is 1. The van der Waals surface area contributed by atoms with Crippen molar-refractivity contribution in [3.8, 4) is 0 Å². The van der Waals surface area contributed by atoms with E-state index in [1.54, 1.807) is 18.5 Å². The van der Waals surface area contributed by atoms with Crippen LogP contribution in [0.25, 0.3) is 0 Å². The first-order chi connectivity index (χ1) is 8.32. The van der Waals surface area contributed by atoms with Crippen molar-refractivity contribution in [3.05, 3.63) is 29.0 Å². The highest BCUT2D eigenvalue weighted by molar-refractivity contribution is 6.31.